The Bertz CT molecular complexity index is 973. The number of carbonyl (C=O) groups is 1. The SMILES string of the molecule is CC(C)c1nnc(NC(=O)C2CCN(S(=O)(=O)c3ccc(F)c(Cl)c3)CC2)s1. The minimum absolute atomic E-state index is 0.0584. The normalized spacial score (nSPS) is 16.5. The van der Waals surface area contributed by atoms with Crippen LogP contribution in [-0.2, 0) is 14.8 Å². The molecule has 1 amide bonds. The Balaban J connectivity index is 1.61. The number of sulfonamides is 1. The van der Waals surface area contributed by atoms with Crippen molar-refractivity contribution in [3.63, 3.8) is 0 Å². The summed E-state index contributed by atoms with van der Waals surface area (Å²) in [5.41, 5.74) is 0. The van der Waals surface area contributed by atoms with Gasteiger partial charge in [0.15, 0.2) is 0 Å². The summed E-state index contributed by atoms with van der Waals surface area (Å²) >= 11 is 7.04. The lowest BCUT2D eigenvalue weighted by molar-refractivity contribution is -0.120. The molecule has 0 radical (unpaired) electrons. The zero-order valence-electron chi connectivity index (χ0n) is 15.4. The Kier molecular flexibility index (Phi) is 6.33. The van der Waals surface area contributed by atoms with Crippen molar-refractivity contribution in [3.05, 3.63) is 34.0 Å². The number of aromatic nitrogens is 2. The maximum atomic E-state index is 13.3. The van der Waals surface area contributed by atoms with Crippen molar-refractivity contribution in [2.24, 2.45) is 5.92 Å². The Morgan fingerprint density at radius 2 is 2.00 bits per heavy atom. The van der Waals surface area contributed by atoms with Crippen molar-refractivity contribution in [2.75, 3.05) is 18.4 Å². The van der Waals surface area contributed by atoms with E-state index in [9.17, 15) is 17.6 Å². The lowest BCUT2D eigenvalue weighted by Gasteiger charge is -2.30. The third kappa shape index (κ3) is 4.51. The molecule has 1 aromatic heterocycles. The van der Waals surface area contributed by atoms with Crippen LogP contribution < -0.4 is 5.32 Å². The third-order valence-electron chi connectivity index (χ3n) is 4.52. The van der Waals surface area contributed by atoms with E-state index < -0.39 is 15.8 Å². The van der Waals surface area contributed by atoms with Crippen molar-refractivity contribution >= 4 is 44.0 Å². The molecule has 1 aliphatic rings. The lowest BCUT2D eigenvalue weighted by Crippen LogP contribution is -2.41. The summed E-state index contributed by atoms with van der Waals surface area (Å²) in [6.07, 6.45) is 0.770. The number of anilines is 1. The van der Waals surface area contributed by atoms with Crippen LogP contribution in [0, 0.1) is 11.7 Å². The summed E-state index contributed by atoms with van der Waals surface area (Å²) in [7, 11) is -3.79. The number of carbonyl (C=O) groups excluding carboxylic acids is 1. The van der Waals surface area contributed by atoms with Crippen LogP contribution in [0.15, 0.2) is 23.1 Å². The monoisotopic (exact) mass is 446 g/mol. The standard InChI is InChI=1S/C17H20ClFN4O3S2/c1-10(2)16-21-22-17(27-16)20-15(24)11-5-7-23(8-6-11)28(25,26)12-3-4-14(19)13(18)9-12/h3-4,9-11H,5-8H2,1-2H3,(H,20,22,24). The van der Waals surface area contributed by atoms with E-state index in [-0.39, 0.29) is 40.8 Å². The highest BCUT2D eigenvalue weighted by atomic mass is 35.5. The molecule has 0 bridgehead atoms. The number of nitrogens with zero attached hydrogens (tertiary/aromatic N) is 3. The van der Waals surface area contributed by atoms with Crippen LogP contribution in [0.3, 0.4) is 0 Å². The van der Waals surface area contributed by atoms with Crippen molar-refractivity contribution in [3.8, 4) is 0 Å². The van der Waals surface area contributed by atoms with Gasteiger partial charge in [0, 0.05) is 24.9 Å². The van der Waals surface area contributed by atoms with E-state index in [0.717, 1.165) is 17.1 Å². The first-order valence-electron chi connectivity index (χ1n) is 8.78. The van der Waals surface area contributed by atoms with E-state index >= 15 is 0 Å². The predicted molar refractivity (Wildman–Crippen MR) is 106 cm³/mol. The van der Waals surface area contributed by atoms with Gasteiger partial charge in [0.05, 0.1) is 9.92 Å². The van der Waals surface area contributed by atoms with Gasteiger partial charge in [0.2, 0.25) is 21.1 Å². The molecule has 11 heteroatoms. The van der Waals surface area contributed by atoms with Gasteiger partial charge in [0.1, 0.15) is 10.8 Å². The maximum absolute atomic E-state index is 13.3. The second-order valence-electron chi connectivity index (χ2n) is 6.84. The van der Waals surface area contributed by atoms with Gasteiger partial charge in [0.25, 0.3) is 0 Å². The molecule has 1 aromatic carbocycles. The van der Waals surface area contributed by atoms with Crippen molar-refractivity contribution in [1.82, 2.24) is 14.5 Å². The highest BCUT2D eigenvalue weighted by Crippen LogP contribution is 2.28. The summed E-state index contributed by atoms with van der Waals surface area (Å²) in [6.45, 7) is 4.39. The molecule has 0 unspecified atom stereocenters. The zero-order valence-corrected chi connectivity index (χ0v) is 17.7. The largest absolute Gasteiger partial charge is 0.300 e. The van der Waals surface area contributed by atoms with Gasteiger partial charge in [-0.25, -0.2) is 12.8 Å². The fraction of sp³-hybridized carbons (Fsp3) is 0.471. The molecule has 1 aliphatic heterocycles. The number of hydrogen-bond acceptors (Lipinski definition) is 6. The van der Waals surface area contributed by atoms with Crippen molar-refractivity contribution in [2.45, 2.75) is 37.5 Å². The van der Waals surface area contributed by atoms with Gasteiger partial charge in [-0.3, -0.25) is 4.79 Å². The average Bonchev–Trinajstić information content (AvgIpc) is 3.13. The third-order valence-corrected chi connectivity index (χ3v) is 7.84. The van der Waals surface area contributed by atoms with Crippen LogP contribution in [-0.4, -0.2) is 41.9 Å². The quantitative estimate of drug-likeness (QED) is 0.758. The van der Waals surface area contributed by atoms with E-state index in [1.165, 1.54) is 21.7 Å². The molecule has 0 spiro atoms. The number of hydrogen-bond donors (Lipinski definition) is 1. The fourth-order valence-corrected chi connectivity index (χ4v) is 5.36. The van der Waals surface area contributed by atoms with Crippen LogP contribution in [0.5, 0.6) is 0 Å². The van der Waals surface area contributed by atoms with Gasteiger partial charge < -0.3 is 5.32 Å². The molecular formula is C17H20ClFN4O3S2. The summed E-state index contributed by atoms with van der Waals surface area (Å²) in [4.78, 5) is 12.4. The van der Waals surface area contributed by atoms with Crippen LogP contribution in [0.1, 0.15) is 37.6 Å². The molecule has 152 valence electrons. The molecule has 1 saturated heterocycles. The minimum atomic E-state index is -3.79. The maximum Gasteiger partial charge on any atom is 0.243 e. The summed E-state index contributed by atoms with van der Waals surface area (Å²) in [5, 5.41) is 11.8. The van der Waals surface area contributed by atoms with Crippen molar-refractivity contribution in [1.29, 1.82) is 0 Å². The molecule has 28 heavy (non-hydrogen) atoms. The van der Waals surface area contributed by atoms with Gasteiger partial charge in [-0.1, -0.05) is 36.8 Å². The van der Waals surface area contributed by atoms with Gasteiger partial charge in [-0.15, -0.1) is 10.2 Å². The van der Waals surface area contributed by atoms with E-state index in [0.29, 0.717) is 18.0 Å². The Morgan fingerprint density at radius 1 is 1.32 bits per heavy atom. The molecule has 7 nitrogen and oxygen atoms in total. The van der Waals surface area contributed by atoms with Gasteiger partial charge in [-0.2, -0.15) is 4.31 Å². The van der Waals surface area contributed by atoms with Gasteiger partial charge in [-0.05, 0) is 31.0 Å². The van der Waals surface area contributed by atoms with E-state index in [4.69, 9.17) is 11.6 Å². The second-order valence-corrected chi connectivity index (χ2v) is 10.2. The molecule has 1 fully saturated rings. The molecule has 3 rings (SSSR count). The number of benzene rings is 1. The van der Waals surface area contributed by atoms with E-state index in [2.05, 4.69) is 15.5 Å². The number of nitrogens with one attached hydrogen (secondary N) is 1. The molecule has 0 atom stereocenters. The highest BCUT2D eigenvalue weighted by molar-refractivity contribution is 7.89. The molecular weight excluding hydrogens is 427 g/mol. The highest BCUT2D eigenvalue weighted by Gasteiger charge is 2.32. The minimum Gasteiger partial charge on any atom is -0.300 e. The number of amides is 1. The van der Waals surface area contributed by atoms with Crippen LogP contribution in [0.25, 0.3) is 0 Å². The molecule has 0 aliphatic carbocycles. The molecule has 0 saturated carbocycles. The van der Waals surface area contributed by atoms with Crippen LogP contribution in [0.4, 0.5) is 9.52 Å². The average molecular weight is 447 g/mol. The first kappa shape index (κ1) is 21.1. The zero-order chi connectivity index (χ0) is 20.5. The topological polar surface area (TPSA) is 92.3 Å². The molecule has 2 heterocycles. The van der Waals surface area contributed by atoms with Crippen LogP contribution in [0.2, 0.25) is 5.02 Å². The number of piperidine rings is 1. The smallest absolute Gasteiger partial charge is 0.243 e. The molecule has 2 aromatic rings. The predicted octanol–water partition coefficient (Wildman–Crippen LogP) is 3.49. The van der Waals surface area contributed by atoms with E-state index in [1.54, 1.807) is 0 Å². The first-order chi connectivity index (χ1) is 13.2. The molecule has 1 N–H and O–H groups in total. The Hall–Kier alpha value is -1.62. The lowest BCUT2D eigenvalue weighted by atomic mass is 9.97. The summed E-state index contributed by atoms with van der Waals surface area (Å²) in [6, 6.07) is 3.33. The fourth-order valence-electron chi connectivity index (χ4n) is 2.87. The second kappa shape index (κ2) is 8.40. The van der Waals surface area contributed by atoms with Crippen molar-refractivity contribution < 1.29 is 17.6 Å². The summed E-state index contributed by atoms with van der Waals surface area (Å²) < 4.78 is 40.0. The number of rotatable bonds is 5. The number of halogens is 2. The van der Waals surface area contributed by atoms with Crippen LogP contribution >= 0.6 is 22.9 Å². The van der Waals surface area contributed by atoms with E-state index in [1.807, 2.05) is 13.8 Å². The van der Waals surface area contributed by atoms with Gasteiger partial charge >= 0.3 is 0 Å². The summed E-state index contributed by atoms with van der Waals surface area (Å²) in [5.74, 6) is -0.937. The Labute approximate surface area is 172 Å². The Morgan fingerprint density at radius 3 is 2.57 bits per heavy atom. The first-order valence-corrected chi connectivity index (χ1v) is 11.4.